The van der Waals surface area contributed by atoms with Gasteiger partial charge in [-0.3, -0.25) is 14.4 Å². The van der Waals surface area contributed by atoms with Crippen molar-refractivity contribution < 1.29 is 28.6 Å². The summed E-state index contributed by atoms with van der Waals surface area (Å²) in [7, 11) is 0. The summed E-state index contributed by atoms with van der Waals surface area (Å²) in [5.41, 5.74) is 0. The third kappa shape index (κ3) is 67.7. The molecule has 0 aromatic heterocycles. The van der Waals surface area contributed by atoms with Gasteiger partial charge in [0, 0.05) is 19.3 Å². The maximum atomic E-state index is 12.9. The maximum absolute atomic E-state index is 12.9. The van der Waals surface area contributed by atoms with E-state index in [1.807, 2.05) is 0 Å². The van der Waals surface area contributed by atoms with Crippen molar-refractivity contribution in [3.63, 3.8) is 0 Å². The van der Waals surface area contributed by atoms with Crippen LogP contribution in [0.15, 0.2) is 158 Å². The second-order valence-corrected chi connectivity index (χ2v) is 22.0. The lowest BCUT2D eigenvalue weighted by atomic mass is 10.1. The first-order chi connectivity index (χ1) is 41.0. The molecule has 0 fully saturated rings. The van der Waals surface area contributed by atoms with Crippen molar-refractivity contribution in [1.82, 2.24) is 0 Å². The molecule has 0 aliphatic heterocycles. The molecule has 0 N–H and O–H groups in total. The number of esters is 3. The van der Waals surface area contributed by atoms with Gasteiger partial charge in [-0.2, -0.15) is 0 Å². The molecule has 0 saturated heterocycles. The predicted molar refractivity (Wildman–Crippen MR) is 362 cm³/mol. The molecule has 0 heterocycles. The standard InChI is InChI=1S/C77H124O6/c1-4-7-10-13-16-19-22-24-26-28-30-32-33-34-35-36-37-38-39-40-41-42-43-45-46-48-50-52-55-58-61-64-67-70-76(79)82-73-74(72-81-75(78)69-66-63-60-57-54-21-18-15-12-9-6-3)83-77(80)71-68-65-62-59-56-53-51-49-47-44-31-29-27-25-23-20-17-14-11-8-5-2/h7-8,10-11,15-20,24-27,30-32,34-35,37-38,40-41,43-45,74H,4-6,9,12-14,21-23,28-29,33,36,39,42,46-73H2,1-3H3/b10-7-,11-8-,18-15-,19-16-,20-17-,26-24-,27-25-,32-30-,35-34-,38-37-,41-40-,44-31-,45-43-. The summed E-state index contributed by atoms with van der Waals surface area (Å²) in [6, 6.07) is 0. The van der Waals surface area contributed by atoms with Crippen molar-refractivity contribution in [3.8, 4) is 0 Å². The van der Waals surface area contributed by atoms with Crippen molar-refractivity contribution in [2.75, 3.05) is 13.2 Å². The smallest absolute Gasteiger partial charge is 0.306 e. The van der Waals surface area contributed by atoms with Crippen LogP contribution in [-0.2, 0) is 28.6 Å². The fourth-order valence-electron chi connectivity index (χ4n) is 8.96. The lowest BCUT2D eigenvalue weighted by Crippen LogP contribution is -2.30. The van der Waals surface area contributed by atoms with E-state index in [0.29, 0.717) is 19.3 Å². The Balaban J connectivity index is 4.29. The molecule has 0 aromatic carbocycles. The van der Waals surface area contributed by atoms with E-state index in [0.717, 1.165) is 161 Å². The van der Waals surface area contributed by atoms with Crippen molar-refractivity contribution in [2.45, 2.75) is 297 Å². The van der Waals surface area contributed by atoms with Crippen LogP contribution in [0.5, 0.6) is 0 Å². The van der Waals surface area contributed by atoms with Crippen LogP contribution < -0.4 is 0 Å². The molecule has 468 valence electrons. The maximum Gasteiger partial charge on any atom is 0.306 e. The van der Waals surface area contributed by atoms with Crippen LogP contribution in [0.3, 0.4) is 0 Å². The van der Waals surface area contributed by atoms with E-state index in [4.69, 9.17) is 14.2 Å². The van der Waals surface area contributed by atoms with Crippen LogP contribution in [0.1, 0.15) is 290 Å². The Bertz CT molecular complexity index is 1840. The van der Waals surface area contributed by atoms with Gasteiger partial charge in [0.25, 0.3) is 0 Å². The molecule has 0 aromatic rings. The summed E-state index contributed by atoms with van der Waals surface area (Å²) in [5, 5.41) is 0. The molecule has 0 spiro atoms. The van der Waals surface area contributed by atoms with Gasteiger partial charge in [0.1, 0.15) is 13.2 Å². The van der Waals surface area contributed by atoms with Crippen LogP contribution in [0.4, 0.5) is 0 Å². The van der Waals surface area contributed by atoms with E-state index < -0.39 is 6.10 Å². The van der Waals surface area contributed by atoms with E-state index >= 15 is 0 Å². The van der Waals surface area contributed by atoms with Crippen LogP contribution in [0.25, 0.3) is 0 Å². The number of unbranched alkanes of at least 4 members (excludes halogenated alkanes) is 23. The highest BCUT2D eigenvalue weighted by molar-refractivity contribution is 5.71. The molecule has 0 saturated carbocycles. The van der Waals surface area contributed by atoms with Gasteiger partial charge >= 0.3 is 17.9 Å². The van der Waals surface area contributed by atoms with Gasteiger partial charge in [-0.1, -0.05) is 288 Å². The summed E-state index contributed by atoms with van der Waals surface area (Å²) >= 11 is 0. The van der Waals surface area contributed by atoms with Gasteiger partial charge < -0.3 is 14.2 Å². The molecule has 1 atom stereocenters. The summed E-state index contributed by atoms with van der Waals surface area (Å²) in [6.45, 7) is 6.36. The fraction of sp³-hybridized carbons (Fsp3) is 0.623. The minimum Gasteiger partial charge on any atom is -0.462 e. The Kier molecular flexibility index (Phi) is 65.4. The molecule has 0 bridgehead atoms. The van der Waals surface area contributed by atoms with E-state index in [1.54, 1.807) is 0 Å². The minimum atomic E-state index is -0.797. The number of carbonyl (C=O) groups is 3. The number of ether oxygens (including phenoxy) is 3. The summed E-state index contributed by atoms with van der Waals surface area (Å²) in [4.78, 5) is 38.3. The van der Waals surface area contributed by atoms with Crippen LogP contribution in [-0.4, -0.2) is 37.2 Å². The van der Waals surface area contributed by atoms with Gasteiger partial charge in [-0.05, 0) is 141 Å². The fourth-order valence-corrected chi connectivity index (χ4v) is 8.96. The quantitative estimate of drug-likeness (QED) is 0.0261. The molecule has 6 heteroatoms. The molecule has 0 aliphatic carbocycles. The second kappa shape index (κ2) is 69.5. The number of rotatable bonds is 60. The summed E-state index contributed by atoms with van der Waals surface area (Å²) < 4.78 is 16.9. The van der Waals surface area contributed by atoms with Crippen LogP contribution >= 0.6 is 0 Å². The van der Waals surface area contributed by atoms with Crippen LogP contribution in [0, 0.1) is 0 Å². The average Bonchev–Trinajstić information content (AvgIpc) is 3.48. The SMILES string of the molecule is CC/C=C\C/C=C\C/C=C\C/C=C\C/C=C\C/C=C\C/C=C\C/C=C\CCCCCCCCCCC(=O)OCC(COC(=O)CCCCCCC/C=C\CCCC)OC(=O)CCCCCCCCCC/C=C\C/C=C\C/C=C\C/C=C\CC. The topological polar surface area (TPSA) is 78.9 Å². The normalized spacial score (nSPS) is 13.1. The number of allylic oxidation sites excluding steroid dienone is 26. The predicted octanol–water partition coefficient (Wildman–Crippen LogP) is 23.7. The van der Waals surface area contributed by atoms with Crippen molar-refractivity contribution in [1.29, 1.82) is 0 Å². The van der Waals surface area contributed by atoms with Crippen molar-refractivity contribution in [2.24, 2.45) is 0 Å². The largest absolute Gasteiger partial charge is 0.462 e. The third-order valence-electron chi connectivity index (χ3n) is 14.0. The molecule has 83 heavy (non-hydrogen) atoms. The lowest BCUT2D eigenvalue weighted by Gasteiger charge is -2.18. The highest BCUT2D eigenvalue weighted by Crippen LogP contribution is 2.15. The number of carbonyl (C=O) groups excluding carboxylic acids is 3. The first-order valence-corrected chi connectivity index (χ1v) is 34.0. The van der Waals surface area contributed by atoms with E-state index in [2.05, 4.69) is 179 Å². The Morgan fingerprint density at radius 1 is 0.253 bits per heavy atom. The highest BCUT2D eigenvalue weighted by atomic mass is 16.6. The van der Waals surface area contributed by atoms with Gasteiger partial charge in [0.15, 0.2) is 6.10 Å². The van der Waals surface area contributed by atoms with Gasteiger partial charge in [-0.25, -0.2) is 0 Å². The Morgan fingerprint density at radius 2 is 0.470 bits per heavy atom. The van der Waals surface area contributed by atoms with Crippen molar-refractivity contribution in [3.05, 3.63) is 158 Å². The van der Waals surface area contributed by atoms with Gasteiger partial charge in [0.05, 0.1) is 0 Å². The molecule has 1 unspecified atom stereocenters. The summed E-state index contributed by atoms with van der Waals surface area (Å²) in [5.74, 6) is -0.918. The van der Waals surface area contributed by atoms with E-state index in [1.165, 1.54) is 89.9 Å². The van der Waals surface area contributed by atoms with E-state index in [-0.39, 0.29) is 31.1 Å². The summed E-state index contributed by atoms with van der Waals surface area (Å²) in [6.07, 6.45) is 101. The molecular weight excluding hydrogens is 1020 g/mol. The third-order valence-corrected chi connectivity index (χ3v) is 14.0. The monoisotopic (exact) mass is 1140 g/mol. The van der Waals surface area contributed by atoms with Crippen molar-refractivity contribution >= 4 is 17.9 Å². The lowest BCUT2D eigenvalue weighted by molar-refractivity contribution is -0.167. The molecular formula is C77H124O6. The van der Waals surface area contributed by atoms with Gasteiger partial charge in [0.2, 0.25) is 0 Å². The molecule has 0 aliphatic rings. The number of hydrogen-bond donors (Lipinski definition) is 0. The highest BCUT2D eigenvalue weighted by Gasteiger charge is 2.19. The second-order valence-electron chi connectivity index (χ2n) is 22.0. The Morgan fingerprint density at radius 3 is 0.747 bits per heavy atom. The zero-order chi connectivity index (χ0) is 59.9. The number of hydrogen-bond acceptors (Lipinski definition) is 6. The Labute approximate surface area is 511 Å². The molecule has 6 nitrogen and oxygen atoms in total. The first kappa shape index (κ1) is 78.0. The first-order valence-electron chi connectivity index (χ1n) is 34.0. The minimum absolute atomic E-state index is 0.0928. The average molecular weight is 1150 g/mol. The molecule has 0 radical (unpaired) electrons. The van der Waals surface area contributed by atoms with Gasteiger partial charge in [-0.15, -0.1) is 0 Å². The van der Waals surface area contributed by atoms with E-state index in [9.17, 15) is 14.4 Å². The van der Waals surface area contributed by atoms with Crippen LogP contribution in [0.2, 0.25) is 0 Å². The zero-order valence-electron chi connectivity index (χ0n) is 53.7. The molecule has 0 rings (SSSR count). The molecule has 0 amide bonds. The Hall–Kier alpha value is -4.97. The zero-order valence-corrected chi connectivity index (χ0v) is 53.7.